The van der Waals surface area contributed by atoms with Crippen LogP contribution in [0.2, 0.25) is 0 Å². The van der Waals surface area contributed by atoms with Crippen molar-refractivity contribution >= 4 is 11.7 Å². The summed E-state index contributed by atoms with van der Waals surface area (Å²) in [6.07, 6.45) is 10.4. The van der Waals surface area contributed by atoms with E-state index in [9.17, 15) is 9.90 Å². The molecule has 1 amide bonds. The van der Waals surface area contributed by atoms with Crippen LogP contribution in [0.4, 0.5) is 5.82 Å². The van der Waals surface area contributed by atoms with Crippen LogP contribution in [0.3, 0.4) is 0 Å². The molecule has 1 aromatic heterocycles. The van der Waals surface area contributed by atoms with Gasteiger partial charge in [0.15, 0.2) is 0 Å². The van der Waals surface area contributed by atoms with Crippen molar-refractivity contribution in [1.29, 1.82) is 0 Å². The Morgan fingerprint density at radius 3 is 2.41 bits per heavy atom. The van der Waals surface area contributed by atoms with Crippen LogP contribution in [0.25, 0.3) is 0 Å². The average molecular weight is 401 g/mol. The number of aliphatic hydroxyl groups is 1. The summed E-state index contributed by atoms with van der Waals surface area (Å²) >= 11 is 0. The number of aromatic nitrogens is 1. The predicted octanol–water partition coefficient (Wildman–Crippen LogP) is 3.13. The fraction of sp³-hybridized carbons (Fsp3) is 0.739. The number of nitrogens with zero attached hydrogens (tertiary/aromatic N) is 3. The van der Waals surface area contributed by atoms with Crippen molar-refractivity contribution in [2.24, 2.45) is 5.92 Å². The van der Waals surface area contributed by atoms with E-state index in [1.165, 1.54) is 6.42 Å². The van der Waals surface area contributed by atoms with Gasteiger partial charge in [-0.05, 0) is 56.6 Å². The summed E-state index contributed by atoms with van der Waals surface area (Å²) in [6, 6.07) is 4.61. The first-order valence-electron chi connectivity index (χ1n) is 11.5. The molecule has 1 aromatic rings. The molecule has 1 aliphatic carbocycles. The Morgan fingerprint density at radius 1 is 1.03 bits per heavy atom. The molecule has 0 aromatic carbocycles. The van der Waals surface area contributed by atoms with E-state index in [0.717, 1.165) is 82.9 Å². The summed E-state index contributed by atoms with van der Waals surface area (Å²) in [5.41, 5.74) is 0.686. The van der Waals surface area contributed by atoms with Gasteiger partial charge in [0.1, 0.15) is 5.82 Å². The highest BCUT2D eigenvalue weighted by atomic mass is 16.3. The van der Waals surface area contributed by atoms with Crippen LogP contribution in [0.5, 0.6) is 0 Å². The molecule has 3 fully saturated rings. The summed E-state index contributed by atoms with van der Waals surface area (Å²) in [4.78, 5) is 21.6. The van der Waals surface area contributed by atoms with Crippen molar-refractivity contribution in [3.8, 4) is 0 Å². The molecule has 1 saturated carbocycles. The quantitative estimate of drug-likeness (QED) is 0.813. The first kappa shape index (κ1) is 20.6. The highest BCUT2D eigenvalue weighted by Gasteiger charge is 2.31. The summed E-state index contributed by atoms with van der Waals surface area (Å²) < 4.78 is 0. The number of hydrogen-bond acceptors (Lipinski definition) is 5. The molecule has 2 atom stereocenters. The molecular formula is C23H36N4O2. The maximum Gasteiger partial charge on any atom is 0.255 e. The summed E-state index contributed by atoms with van der Waals surface area (Å²) in [7, 11) is 0. The van der Waals surface area contributed by atoms with Crippen LogP contribution in [0.1, 0.15) is 68.6 Å². The Morgan fingerprint density at radius 2 is 1.76 bits per heavy atom. The topological polar surface area (TPSA) is 68.7 Å². The number of anilines is 1. The molecule has 6 nitrogen and oxygen atoms in total. The van der Waals surface area contributed by atoms with Gasteiger partial charge >= 0.3 is 0 Å². The molecule has 6 heteroatoms. The summed E-state index contributed by atoms with van der Waals surface area (Å²) in [6.45, 7) is 6.03. The number of carbonyl (C=O) groups is 1. The van der Waals surface area contributed by atoms with Crippen LogP contribution in [-0.4, -0.2) is 70.2 Å². The van der Waals surface area contributed by atoms with Gasteiger partial charge in [-0.1, -0.05) is 19.8 Å². The van der Waals surface area contributed by atoms with Gasteiger partial charge in [-0.25, -0.2) is 4.98 Å². The number of likely N-dealkylation sites (tertiary alicyclic amines) is 2. The van der Waals surface area contributed by atoms with Crippen molar-refractivity contribution in [3.05, 3.63) is 23.9 Å². The largest absolute Gasteiger partial charge is 0.391 e. The molecule has 160 valence electrons. The third kappa shape index (κ3) is 5.10. The van der Waals surface area contributed by atoms with E-state index in [0.29, 0.717) is 17.6 Å². The van der Waals surface area contributed by atoms with Crippen molar-refractivity contribution in [2.75, 3.05) is 31.5 Å². The van der Waals surface area contributed by atoms with E-state index in [-0.39, 0.29) is 12.0 Å². The number of nitrogens with one attached hydrogen (secondary N) is 1. The third-order valence-corrected chi connectivity index (χ3v) is 7.13. The lowest BCUT2D eigenvalue weighted by Gasteiger charge is -2.41. The van der Waals surface area contributed by atoms with Crippen molar-refractivity contribution < 1.29 is 9.90 Å². The minimum atomic E-state index is -0.150. The first-order chi connectivity index (χ1) is 14.1. The van der Waals surface area contributed by atoms with Gasteiger partial charge in [-0.2, -0.15) is 0 Å². The van der Waals surface area contributed by atoms with Crippen LogP contribution >= 0.6 is 0 Å². The zero-order valence-electron chi connectivity index (χ0n) is 17.7. The maximum absolute atomic E-state index is 12.7. The number of aliphatic hydroxyl groups excluding tert-OH is 1. The van der Waals surface area contributed by atoms with Crippen LogP contribution in [-0.2, 0) is 0 Å². The lowest BCUT2D eigenvalue weighted by molar-refractivity contribution is 0.00992. The first-order valence-corrected chi connectivity index (χ1v) is 11.5. The number of amides is 1. The van der Waals surface area contributed by atoms with Gasteiger partial charge in [0.05, 0.1) is 11.7 Å². The minimum Gasteiger partial charge on any atom is -0.391 e. The molecule has 2 saturated heterocycles. The van der Waals surface area contributed by atoms with E-state index in [4.69, 9.17) is 0 Å². The molecule has 2 aliphatic heterocycles. The fourth-order valence-corrected chi connectivity index (χ4v) is 5.10. The second-order valence-corrected chi connectivity index (χ2v) is 9.28. The van der Waals surface area contributed by atoms with Gasteiger partial charge in [0.2, 0.25) is 0 Å². The highest BCUT2D eigenvalue weighted by Crippen LogP contribution is 2.26. The van der Waals surface area contributed by atoms with E-state index in [1.807, 2.05) is 17.0 Å². The van der Waals surface area contributed by atoms with E-state index < -0.39 is 0 Å². The monoisotopic (exact) mass is 400 g/mol. The molecule has 2 unspecified atom stereocenters. The van der Waals surface area contributed by atoms with Crippen molar-refractivity contribution in [1.82, 2.24) is 14.8 Å². The Bertz CT molecular complexity index is 664. The molecule has 0 radical (unpaired) electrons. The number of carbonyl (C=O) groups excluding carboxylic acids is 1. The molecule has 0 bridgehead atoms. The normalized spacial score (nSPS) is 27.7. The molecule has 4 rings (SSSR count). The van der Waals surface area contributed by atoms with Crippen LogP contribution in [0.15, 0.2) is 18.3 Å². The summed E-state index contributed by atoms with van der Waals surface area (Å²) in [5.74, 6) is 1.68. The Labute approximate surface area is 174 Å². The molecule has 0 spiro atoms. The molecule has 3 aliphatic rings. The standard InChI is InChI=1S/C23H36N4O2/c1-17-8-12-27(13-9-17)23(29)18-6-7-22(24-16-18)25-19-10-14-26(15-11-19)20-4-2-3-5-21(20)28/h6-7,16-17,19-21,28H,2-5,8-15H2,1H3,(H,24,25). The second-order valence-electron chi connectivity index (χ2n) is 9.28. The van der Waals surface area contributed by atoms with Crippen LogP contribution < -0.4 is 5.32 Å². The zero-order chi connectivity index (χ0) is 20.2. The molecular weight excluding hydrogens is 364 g/mol. The van der Waals surface area contributed by atoms with E-state index in [1.54, 1.807) is 6.20 Å². The Balaban J connectivity index is 1.26. The fourth-order valence-electron chi connectivity index (χ4n) is 5.10. The highest BCUT2D eigenvalue weighted by molar-refractivity contribution is 5.94. The third-order valence-electron chi connectivity index (χ3n) is 7.13. The van der Waals surface area contributed by atoms with E-state index in [2.05, 4.69) is 22.1 Å². The van der Waals surface area contributed by atoms with Gasteiger partial charge < -0.3 is 15.3 Å². The van der Waals surface area contributed by atoms with Crippen molar-refractivity contribution in [3.63, 3.8) is 0 Å². The number of hydrogen-bond donors (Lipinski definition) is 2. The minimum absolute atomic E-state index is 0.107. The Kier molecular flexibility index (Phi) is 6.70. The number of piperidine rings is 2. The van der Waals surface area contributed by atoms with Crippen LogP contribution in [0, 0.1) is 5.92 Å². The lowest BCUT2D eigenvalue weighted by Crippen LogP contribution is -2.50. The van der Waals surface area contributed by atoms with Gasteiger partial charge in [0, 0.05) is 44.5 Å². The van der Waals surface area contributed by atoms with Gasteiger partial charge in [0.25, 0.3) is 5.91 Å². The number of pyridine rings is 1. The van der Waals surface area contributed by atoms with E-state index >= 15 is 0 Å². The Hall–Kier alpha value is -1.66. The second kappa shape index (κ2) is 9.43. The zero-order valence-corrected chi connectivity index (χ0v) is 17.7. The maximum atomic E-state index is 12.7. The van der Waals surface area contributed by atoms with Crippen molar-refractivity contribution in [2.45, 2.75) is 76.5 Å². The predicted molar refractivity (Wildman–Crippen MR) is 115 cm³/mol. The molecule has 29 heavy (non-hydrogen) atoms. The molecule has 2 N–H and O–H groups in total. The smallest absolute Gasteiger partial charge is 0.255 e. The lowest BCUT2D eigenvalue weighted by atomic mass is 9.89. The van der Waals surface area contributed by atoms with Gasteiger partial charge in [-0.15, -0.1) is 0 Å². The average Bonchev–Trinajstić information content (AvgIpc) is 2.75. The number of rotatable bonds is 4. The SMILES string of the molecule is CC1CCN(C(=O)c2ccc(NC3CCN(C4CCCCC4O)CC3)nc2)CC1. The molecule has 3 heterocycles. The summed E-state index contributed by atoms with van der Waals surface area (Å²) in [5, 5.41) is 13.8. The van der Waals surface area contributed by atoms with Gasteiger partial charge in [-0.3, -0.25) is 9.69 Å².